The Morgan fingerprint density at radius 3 is 2.62 bits per heavy atom. The number of alkyl halides is 1. The number of esters is 1. The van der Waals surface area contributed by atoms with Crippen molar-refractivity contribution in [2.24, 2.45) is 29.6 Å². The SMILES string of the molecule is CC(F)C(=O)OC1C(C)CC2CC3CC1C23. The summed E-state index contributed by atoms with van der Waals surface area (Å²) in [6, 6.07) is 0. The monoisotopic (exact) mass is 226 g/mol. The van der Waals surface area contributed by atoms with Crippen molar-refractivity contribution in [1.82, 2.24) is 0 Å². The Hall–Kier alpha value is -0.600. The van der Waals surface area contributed by atoms with Crippen LogP contribution >= 0.6 is 0 Å². The molecule has 0 amide bonds. The number of carbonyl (C=O) groups excluding carboxylic acids is 1. The average Bonchev–Trinajstić information content (AvgIpc) is 2.17. The Morgan fingerprint density at radius 1 is 1.31 bits per heavy atom. The molecule has 3 fully saturated rings. The average molecular weight is 226 g/mol. The second-order valence-electron chi connectivity index (χ2n) is 5.96. The van der Waals surface area contributed by atoms with Gasteiger partial charge in [-0.3, -0.25) is 0 Å². The molecular weight excluding hydrogens is 207 g/mol. The zero-order chi connectivity index (χ0) is 11.4. The molecule has 3 aliphatic rings. The van der Waals surface area contributed by atoms with Crippen LogP contribution in [0.3, 0.4) is 0 Å². The Bertz CT molecular complexity index is 315. The van der Waals surface area contributed by atoms with Crippen molar-refractivity contribution >= 4 is 5.97 Å². The van der Waals surface area contributed by atoms with Crippen LogP contribution in [-0.4, -0.2) is 18.2 Å². The molecule has 2 nitrogen and oxygen atoms in total. The number of halogens is 1. The predicted molar refractivity (Wildman–Crippen MR) is 57.4 cm³/mol. The van der Waals surface area contributed by atoms with E-state index in [1.165, 1.54) is 19.8 Å². The highest BCUT2D eigenvalue weighted by molar-refractivity contribution is 5.74. The van der Waals surface area contributed by atoms with E-state index in [0.29, 0.717) is 11.8 Å². The highest BCUT2D eigenvalue weighted by Gasteiger charge is 2.61. The summed E-state index contributed by atoms with van der Waals surface area (Å²) in [7, 11) is 0. The van der Waals surface area contributed by atoms with Gasteiger partial charge in [0, 0.05) is 0 Å². The molecule has 90 valence electrons. The smallest absolute Gasteiger partial charge is 0.340 e. The first-order valence-electron chi connectivity index (χ1n) is 6.42. The lowest BCUT2D eigenvalue weighted by Gasteiger charge is -2.64. The van der Waals surface area contributed by atoms with Crippen molar-refractivity contribution in [2.45, 2.75) is 45.4 Å². The molecule has 3 aliphatic carbocycles. The molecule has 0 spiro atoms. The van der Waals surface area contributed by atoms with Crippen molar-refractivity contribution in [2.75, 3.05) is 0 Å². The second kappa shape index (κ2) is 3.44. The molecule has 7 unspecified atom stereocenters. The van der Waals surface area contributed by atoms with Crippen LogP contribution in [0.2, 0.25) is 0 Å². The van der Waals surface area contributed by atoms with E-state index in [-0.39, 0.29) is 6.10 Å². The summed E-state index contributed by atoms with van der Waals surface area (Å²) in [4.78, 5) is 11.3. The minimum absolute atomic E-state index is 0.0106. The number of rotatable bonds is 2. The standard InChI is InChI=1S/C13H19FO2/c1-6-3-8-4-9-5-10(11(8)9)12(6)16-13(15)7(2)14/h6-12H,3-5H2,1-2H3. The molecule has 0 radical (unpaired) electrons. The second-order valence-corrected chi connectivity index (χ2v) is 5.96. The highest BCUT2D eigenvalue weighted by atomic mass is 19.1. The third-order valence-electron chi connectivity index (χ3n) is 5.00. The van der Waals surface area contributed by atoms with Crippen LogP contribution in [-0.2, 0) is 9.53 Å². The van der Waals surface area contributed by atoms with Crippen LogP contribution in [0.5, 0.6) is 0 Å². The molecule has 3 rings (SSSR count). The fourth-order valence-electron chi connectivity index (χ4n) is 4.23. The molecule has 0 saturated heterocycles. The van der Waals surface area contributed by atoms with Crippen LogP contribution < -0.4 is 0 Å². The van der Waals surface area contributed by atoms with Gasteiger partial charge in [-0.15, -0.1) is 0 Å². The van der Waals surface area contributed by atoms with Crippen molar-refractivity contribution in [3.05, 3.63) is 0 Å². The molecule has 16 heavy (non-hydrogen) atoms. The van der Waals surface area contributed by atoms with E-state index < -0.39 is 12.1 Å². The molecule has 7 atom stereocenters. The lowest BCUT2D eigenvalue weighted by atomic mass is 9.41. The molecule has 0 aromatic heterocycles. The summed E-state index contributed by atoms with van der Waals surface area (Å²) in [5, 5.41) is 0. The number of hydrogen-bond acceptors (Lipinski definition) is 2. The molecule has 0 bridgehead atoms. The van der Waals surface area contributed by atoms with Gasteiger partial charge in [0.2, 0.25) is 0 Å². The predicted octanol–water partition coefficient (Wildman–Crippen LogP) is 2.57. The van der Waals surface area contributed by atoms with Gasteiger partial charge in [-0.2, -0.15) is 0 Å². The fraction of sp³-hybridized carbons (Fsp3) is 0.923. The zero-order valence-electron chi connectivity index (χ0n) is 9.86. The van der Waals surface area contributed by atoms with Gasteiger partial charge in [-0.25, -0.2) is 9.18 Å². The molecule has 3 heteroatoms. The Morgan fingerprint density at radius 2 is 2.00 bits per heavy atom. The molecule has 0 aromatic carbocycles. The first kappa shape index (κ1) is 10.5. The number of hydrogen-bond donors (Lipinski definition) is 0. The van der Waals surface area contributed by atoms with Crippen LogP contribution in [0.1, 0.15) is 33.1 Å². The molecular formula is C13H19FO2. The maximum atomic E-state index is 12.8. The largest absolute Gasteiger partial charge is 0.460 e. The quantitative estimate of drug-likeness (QED) is 0.676. The van der Waals surface area contributed by atoms with Gasteiger partial charge in [0.25, 0.3) is 0 Å². The van der Waals surface area contributed by atoms with Gasteiger partial charge in [-0.05, 0) is 55.8 Å². The highest BCUT2D eigenvalue weighted by Crippen LogP contribution is 2.64. The van der Waals surface area contributed by atoms with E-state index in [0.717, 1.165) is 24.2 Å². The van der Waals surface area contributed by atoms with Crippen molar-refractivity contribution in [3.63, 3.8) is 0 Å². The van der Waals surface area contributed by atoms with E-state index in [4.69, 9.17) is 4.74 Å². The Labute approximate surface area is 95.5 Å². The van der Waals surface area contributed by atoms with Gasteiger partial charge < -0.3 is 4.74 Å². The van der Waals surface area contributed by atoms with Gasteiger partial charge in [0.1, 0.15) is 6.10 Å². The van der Waals surface area contributed by atoms with E-state index in [9.17, 15) is 9.18 Å². The van der Waals surface area contributed by atoms with Crippen LogP contribution in [0.15, 0.2) is 0 Å². The Kier molecular flexibility index (Phi) is 2.27. The summed E-state index contributed by atoms with van der Waals surface area (Å²) in [6.07, 6.45) is 2.25. The lowest BCUT2D eigenvalue weighted by molar-refractivity contribution is -0.212. The van der Waals surface area contributed by atoms with E-state index in [2.05, 4.69) is 6.92 Å². The topological polar surface area (TPSA) is 26.3 Å². The number of ether oxygens (including phenoxy) is 1. The number of carbonyl (C=O) groups is 1. The summed E-state index contributed by atoms with van der Waals surface area (Å²) in [6.45, 7) is 3.40. The van der Waals surface area contributed by atoms with Crippen molar-refractivity contribution < 1.29 is 13.9 Å². The minimum Gasteiger partial charge on any atom is -0.460 e. The van der Waals surface area contributed by atoms with E-state index >= 15 is 0 Å². The third kappa shape index (κ3) is 1.33. The lowest BCUT2D eigenvalue weighted by Crippen LogP contribution is -2.61. The first-order valence-corrected chi connectivity index (χ1v) is 6.42. The summed E-state index contributed by atoms with van der Waals surface area (Å²) < 4.78 is 18.2. The molecule has 0 aromatic rings. The van der Waals surface area contributed by atoms with Crippen LogP contribution in [0.4, 0.5) is 4.39 Å². The van der Waals surface area contributed by atoms with Crippen molar-refractivity contribution in [1.29, 1.82) is 0 Å². The summed E-state index contributed by atoms with van der Waals surface area (Å²) >= 11 is 0. The van der Waals surface area contributed by atoms with Crippen molar-refractivity contribution in [3.8, 4) is 0 Å². The zero-order valence-corrected chi connectivity index (χ0v) is 9.86. The molecule has 0 N–H and O–H groups in total. The van der Waals surface area contributed by atoms with Crippen LogP contribution in [0, 0.1) is 29.6 Å². The third-order valence-corrected chi connectivity index (χ3v) is 5.00. The van der Waals surface area contributed by atoms with E-state index in [1.54, 1.807) is 0 Å². The fourth-order valence-corrected chi connectivity index (χ4v) is 4.23. The van der Waals surface area contributed by atoms with Gasteiger partial charge >= 0.3 is 5.97 Å². The maximum Gasteiger partial charge on any atom is 0.340 e. The Balaban J connectivity index is 1.67. The molecule has 0 aliphatic heterocycles. The molecule has 0 heterocycles. The van der Waals surface area contributed by atoms with Gasteiger partial charge in [-0.1, -0.05) is 6.92 Å². The van der Waals surface area contributed by atoms with Gasteiger partial charge in [0.05, 0.1) is 0 Å². The van der Waals surface area contributed by atoms with Gasteiger partial charge in [0.15, 0.2) is 6.17 Å². The van der Waals surface area contributed by atoms with Crippen LogP contribution in [0.25, 0.3) is 0 Å². The summed E-state index contributed by atoms with van der Waals surface area (Å²) in [5.41, 5.74) is 0. The minimum atomic E-state index is -1.48. The molecule has 3 saturated carbocycles. The summed E-state index contributed by atoms with van der Waals surface area (Å²) in [5.74, 6) is 2.84. The first-order chi connectivity index (χ1) is 7.58. The van der Waals surface area contributed by atoms with E-state index in [1.807, 2.05) is 0 Å². The normalized spacial score (nSPS) is 50.7. The maximum absolute atomic E-state index is 12.8.